The lowest BCUT2D eigenvalue weighted by molar-refractivity contribution is -0.141. The second-order valence-electron chi connectivity index (χ2n) is 4.25. The summed E-state index contributed by atoms with van der Waals surface area (Å²) in [6.45, 7) is 0. The summed E-state index contributed by atoms with van der Waals surface area (Å²) in [5.41, 5.74) is 1.32. The van der Waals surface area contributed by atoms with Gasteiger partial charge in [-0.2, -0.15) is 0 Å². The quantitative estimate of drug-likeness (QED) is 0.742. The Bertz CT molecular complexity index is 664. The van der Waals surface area contributed by atoms with Gasteiger partial charge < -0.3 is 10.1 Å². The first-order valence-corrected chi connectivity index (χ1v) is 7.61. The predicted molar refractivity (Wildman–Crippen MR) is 89.0 cm³/mol. The summed E-state index contributed by atoms with van der Waals surface area (Å²) in [5.74, 6) is -0.433. The highest BCUT2D eigenvalue weighted by Gasteiger charge is 2.24. The molecule has 0 saturated carbocycles. The molecule has 0 aliphatic carbocycles. The predicted octanol–water partition coefficient (Wildman–Crippen LogP) is 5.08. The van der Waals surface area contributed by atoms with Crippen LogP contribution in [0.25, 0.3) is 0 Å². The van der Waals surface area contributed by atoms with Gasteiger partial charge in [0.1, 0.15) is 0 Å². The van der Waals surface area contributed by atoms with Gasteiger partial charge in [-0.05, 0) is 30.3 Å². The highest BCUT2D eigenvalue weighted by Crippen LogP contribution is 2.32. The molecule has 2 aromatic rings. The average Bonchev–Trinajstić information content (AvgIpc) is 2.48. The molecule has 1 unspecified atom stereocenters. The Morgan fingerprint density at radius 1 is 1.24 bits per heavy atom. The van der Waals surface area contributed by atoms with Crippen LogP contribution in [-0.4, -0.2) is 13.1 Å². The average molecular weight is 389 g/mol. The number of halogens is 3. The van der Waals surface area contributed by atoms with Crippen LogP contribution in [0.5, 0.6) is 0 Å². The first-order chi connectivity index (χ1) is 10.0. The number of nitrogens with one attached hydrogen (secondary N) is 1. The number of hydrogen-bond acceptors (Lipinski definition) is 3. The van der Waals surface area contributed by atoms with Crippen molar-refractivity contribution in [3.05, 3.63) is 62.5 Å². The summed E-state index contributed by atoms with van der Waals surface area (Å²) in [4.78, 5) is 12.1. The SMILES string of the molecule is COC(=O)C(Nc1ccccc1Cl)c1cc(Cl)ccc1Br. The van der Waals surface area contributed by atoms with Crippen molar-refractivity contribution < 1.29 is 9.53 Å². The van der Waals surface area contributed by atoms with E-state index in [-0.39, 0.29) is 0 Å². The molecule has 0 saturated heterocycles. The van der Waals surface area contributed by atoms with Crippen LogP contribution < -0.4 is 5.32 Å². The lowest BCUT2D eigenvalue weighted by Gasteiger charge is -2.20. The van der Waals surface area contributed by atoms with Crippen molar-refractivity contribution in [1.82, 2.24) is 0 Å². The van der Waals surface area contributed by atoms with Crippen LogP contribution in [0.4, 0.5) is 5.69 Å². The van der Waals surface area contributed by atoms with Crippen LogP contribution in [0.15, 0.2) is 46.9 Å². The molecule has 1 N–H and O–H groups in total. The van der Waals surface area contributed by atoms with E-state index in [2.05, 4.69) is 21.2 Å². The van der Waals surface area contributed by atoms with Crippen molar-refractivity contribution in [2.45, 2.75) is 6.04 Å². The van der Waals surface area contributed by atoms with E-state index < -0.39 is 12.0 Å². The zero-order valence-corrected chi connectivity index (χ0v) is 14.2. The topological polar surface area (TPSA) is 38.3 Å². The largest absolute Gasteiger partial charge is 0.467 e. The second-order valence-corrected chi connectivity index (χ2v) is 5.94. The van der Waals surface area contributed by atoms with Gasteiger partial charge in [-0.15, -0.1) is 0 Å². The highest BCUT2D eigenvalue weighted by molar-refractivity contribution is 9.10. The van der Waals surface area contributed by atoms with Crippen LogP contribution >= 0.6 is 39.1 Å². The van der Waals surface area contributed by atoms with Crippen LogP contribution in [0, 0.1) is 0 Å². The molecule has 2 aromatic carbocycles. The number of hydrogen-bond donors (Lipinski definition) is 1. The van der Waals surface area contributed by atoms with Crippen molar-refractivity contribution in [3.63, 3.8) is 0 Å². The summed E-state index contributed by atoms with van der Waals surface area (Å²) >= 11 is 15.6. The van der Waals surface area contributed by atoms with Crippen molar-refractivity contribution in [2.24, 2.45) is 0 Å². The van der Waals surface area contributed by atoms with E-state index in [1.165, 1.54) is 7.11 Å². The minimum atomic E-state index is -0.719. The number of methoxy groups -OCH3 is 1. The number of esters is 1. The standard InChI is InChI=1S/C15H12BrCl2NO2/c1-21-15(20)14(10-8-9(17)6-7-11(10)16)19-13-5-3-2-4-12(13)18/h2-8,14,19H,1H3. The van der Waals surface area contributed by atoms with Gasteiger partial charge in [0.2, 0.25) is 0 Å². The molecule has 21 heavy (non-hydrogen) atoms. The van der Waals surface area contributed by atoms with Crippen molar-refractivity contribution in [3.8, 4) is 0 Å². The van der Waals surface area contributed by atoms with Crippen molar-refractivity contribution >= 4 is 50.8 Å². The molecule has 110 valence electrons. The molecule has 6 heteroatoms. The van der Waals surface area contributed by atoms with Gasteiger partial charge in [-0.1, -0.05) is 51.3 Å². The van der Waals surface area contributed by atoms with E-state index in [0.29, 0.717) is 21.3 Å². The Morgan fingerprint density at radius 3 is 2.62 bits per heavy atom. The molecule has 0 bridgehead atoms. The monoisotopic (exact) mass is 387 g/mol. The fourth-order valence-electron chi connectivity index (χ4n) is 1.85. The number of rotatable bonds is 4. The lowest BCUT2D eigenvalue weighted by atomic mass is 10.1. The first kappa shape index (κ1) is 16.1. The summed E-state index contributed by atoms with van der Waals surface area (Å²) < 4.78 is 5.62. The summed E-state index contributed by atoms with van der Waals surface area (Å²) in [6.07, 6.45) is 0. The Kier molecular flexibility index (Phi) is 5.51. The summed E-state index contributed by atoms with van der Waals surface area (Å²) in [7, 11) is 1.34. The maximum absolute atomic E-state index is 12.1. The van der Waals surface area contributed by atoms with Gasteiger partial charge in [0.15, 0.2) is 6.04 Å². The van der Waals surface area contributed by atoms with E-state index in [1.807, 2.05) is 12.1 Å². The number of carbonyl (C=O) groups excluding carboxylic acids is 1. The number of anilines is 1. The molecular formula is C15H12BrCl2NO2. The van der Waals surface area contributed by atoms with Gasteiger partial charge in [-0.3, -0.25) is 0 Å². The van der Waals surface area contributed by atoms with Gasteiger partial charge in [0.25, 0.3) is 0 Å². The third kappa shape index (κ3) is 3.90. The Balaban J connectivity index is 2.42. The molecule has 0 radical (unpaired) electrons. The molecule has 0 spiro atoms. The molecule has 2 rings (SSSR count). The maximum atomic E-state index is 12.1. The van der Waals surface area contributed by atoms with Crippen molar-refractivity contribution in [1.29, 1.82) is 0 Å². The minimum Gasteiger partial charge on any atom is -0.467 e. The fourth-order valence-corrected chi connectivity index (χ4v) is 2.70. The molecule has 3 nitrogen and oxygen atoms in total. The first-order valence-electron chi connectivity index (χ1n) is 6.06. The third-order valence-corrected chi connectivity index (χ3v) is 4.17. The van der Waals surface area contributed by atoms with Crippen LogP contribution in [0.3, 0.4) is 0 Å². The molecule has 0 amide bonds. The van der Waals surface area contributed by atoms with Crippen LogP contribution in [-0.2, 0) is 9.53 Å². The number of benzene rings is 2. The minimum absolute atomic E-state index is 0.433. The van der Waals surface area contributed by atoms with E-state index >= 15 is 0 Å². The zero-order chi connectivity index (χ0) is 15.4. The Hall–Kier alpha value is -1.23. The van der Waals surface area contributed by atoms with Crippen LogP contribution in [0.2, 0.25) is 10.0 Å². The molecule has 0 fully saturated rings. The second kappa shape index (κ2) is 7.16. The smallest absolute Gasteiger partial charge is 0.333 e. The van der Waals surface area contributed by atoms with Gasteiger partial charge >= 0.3 is 5.97 Å². The highest BCUT2D eigenvalue weighted by atomic mass is 79.9. The third-order valence-electron chi connectivity index (χ3n) is 2.88. The molecule has 0 aromatic heterocycles. The maximum Gasteiger partial charge on any atom is 0.333 e. The Morgan fingerprint density at radius 2 is 1.95 bits per heavy atom. The zero-order valence-electron chi connectivity index (χ0n) is 11.1. The number of carbonyl (C=O) groups is 1. The molecule has 0 aliphatic heterocycles. The van der Waals surface area contributed by atoms with Gasteiger partial charge in [0.05, 0.1) is 17.8 Å². The molecule has 1 atom stereocenters. The van der Waals surface area contributed by atoms with Gasteiger partial charge in [-0.25, -0.2) is 4.79 Å². The molecular weight excluding hydrogens is 377 g/mol. The van der Waals surface area contributed by atoms with E-state index in [1.54, 1.807) is 30.3 Å². The fraction of sp³-hybridized carbons (Fsp3) is 0.133. The van der Waals surface area contributed by atoms with E-state index in [9.17, 15) is 4.79 Å². The molecule has 0 heterocycles. The van der Waals surface area contributed by atoms with Crippen molar-refractivity contribution in [2.75, 3.05) is 12.4 Å². The van der Waals surface area contributed by atoms with Gasteiger partial charge in [0, 0.05) is 15.1 Å². The van der Waals surface area contributed by atoms with E-state index in [4.69, 9.17) is 27.9 Å². The Labute approximate surface area is 141 Å². The van der Waals surface area contributed by atoms with E-state index in [0.717, 1.165) is 4.47 Å². The van der Waals surface area contributed by atoms with Crippen LogP contribution in [0.1, 0.15) is 11.6 Å². The summed E-state index contributed by atoms with van der Waals surface area (Å²) in [6, 6.07) is 11.7. The normalized spacial score (nSPS) is 11.8. The molecule has 0 aliphatic rings. The summed E-state index contributed by atoms with van der Waals surface area (Å²) in [5, 5.41) is 4.14. The lowest BCUT2D eigenvalue weighted by Crippen LogP contribution is -2.23. The number of ether oxygens (including phenoxy) is 1. The number of para-hydroxylation sites is 1.